The highest BCUT2D eigenvalue weighted by Crippen LogP contribution is 2.17. The smallest absolute Gasteiger partial charge is 0.324 e. The van der Waals surface area contributed by atoms with Gasteiger partial charge in [-0.2, -0.15) is 0 Å². The quantitative estimate of drug-likeness (QED) is 0.600. The van der Waals surface area contributed by atoms with E-state index in [-0.39, 0.29) is 12.5 Å². The average molecular weight is 360 g/mol. The Bertz CT molecular complexity index is 1170. The molecule has 0 bridgehead atoms. The first kappa shape index (κ1) is 16.6. The van der Waals surface area contributed by atoms with E-state index in [1.165, 1.54) is 4.40 Å². The van der Waals surface area contributed by atoms with Gasteiger partial charge in [0.25, 0.3) is 0 Å². The third kappa shape index (κ3) is 3.32. The number of nitrogens with one attached hydrogen (secondary N) is 1. The number of fused-ring (bicyclic) bond motifs is 1. The number of carbonyl (C=O) groups excluding carboxylic acids is 1. The molecule has 0 atom stereocenters. The van der Waals surface area contributed by atoms with E-state index in [2.05, 4.69) is 20.4 Å². The highest BCUT2D eigenvalue weighted by Gasteiger charge is 2.14. The Kier molecular flexibility index (Phi) is 4.21. The Hall–Kier alpha value is -3.81. The van der Waals surface area contributed by atoms with Crippen molar-refractivity contribution in [3.63, 3.8) is 0 Å². The zero-order valence-corrected chi connectivity index (χ0v) is 14.5. The van der Waals surface area contributed by atoms with Gasteiger partial charge in [0.05, 0.1) is 5.69 Å². The molecule has 3 heterocycles. The van der Waals surface area contributed by atoms with Gasteiger partial charge in [-0.05, 0) is 31.2 Å². The van der Waals surface area contributed by atoms with Gasteiger partial charge >= 0.3 is 5.69 Å². The molecule has 27 heavy (non-hydrogen) atoms. The standard InChI is InChI=1S/C19H16N6O2/c1-13-21-16(14-7-9-20-10-8-14)11-17-23-24(19(27)25(13)17)12-18(26)22-15-5-3-2-4-6-15/h2-11H,12H2,1H3,(H,22,26). The molecule has 8 nitrogen and oxygen atoms in total. The van der Waals surface area contributed by atoms with Gasteiger partial charge in [0.15, 0.2) is 5.65 Å². The fourth-order valence-electron chi connectivity index (χ4n) is 2.83. The highest BCUT2D eigenvalue weighted by molar-refractivity contribution is 5.90. The Morgan fingerprint density at radius 1 is 1.11 bits per heavy atom. The Morgan fingerprint density at radius 3 is 2.59 bits per heavy atom. The summed E-state index contributed by atoms with van der Waals surface area (Å²) in [4.78, 5) is 33.3. The van der Waals surface area contributed by atoms with Crippen LogP contribution in [0, 0.1) is 6.92 Å². The summed E-state index contributed by atoms with van der Waals surface area (Å²) in [5.74, 6) is 0.172. The molecule has 8 heteroatoms. The van der Waals surface area contributed by atoms with Crippen molar-refractivity contribution in [1.82, 2.24) is 24.1 Å². The van der Waals surface area contributed by atoms with Crippen LogP contribution in [0.3, 0.4) is 0 Å². The number of hydrogen-bond donors (Lipinski definition) is 1. The number of nitrogens with zero attached hydrogens (tertiary/aromatic N) is 5. The monoisotopic (exact) mass is 360 g/mol. The minimum atomic E-state index is -0.403. The van der Waals surface area contributed by atoms with Gasteiger partial charge in [0, 0.05) is 29.7 Å². The second kappa shape index (κ2) is 6.83. The Labute approximate surface area is 154 Å². The maximum atomic E-state index is 12.6. The van der Waals surface area contributed by atoms with Crippen LogP contribution in [0.15, 0.2) is 65.7 Å². The highest BCUT2D eigenvalue weighted by atomic mass is 16.2. The van der Waals surface area contributed by atoms with Gasteiger partial charge in [0.1, 0.15) is 12.4 Å². The van der Waals surface area contributed by atoms with Gasteiger partial charge in [-0.1, -0.05) is 18.2 Å². The number of para-hydroxylation sites is 1. The number of pyridine rings is 1. The number of aromatic nitrogens is 5. The summed E-state index contributed by atoms with van der Waals surface area (Å²) < 4.78 is 2.53. The number of aryl methyl sites for hydroxylation is 1. The third-order valence-electron chi connectivity index (χ3n) is 4.06. The lowest BCUT2D eigenvalue weighted by atomic mass is 10.2. The van der Waals surface area contributed by atoms with E-state index in [0.29, 0.717) is 22.9 Å². The van der Waals surface area contributed by atoms with Gasteiger partial charge in [0.2, 0.25) is 5.91 Å². The molecule has 0 aliphatic rings. The first-order valence-corrected chi connectivity index (χ1v) is 8.34. The van der Waals surface area contributed by atoms with Crippen LogP contribution in [-0.4, -0.2) is 30.1 Å². The number of hydrogen-bond acceptors (Lipinski definition) is 5. The first-order valence-electron chi connectivity index (χ1n) is 8.34. The summed E-state index contributed by atoms with van der Waals surface area (Å²) in [5, 5.41) is 7.03. The van der Waals surface area contributed by atoms with Crippen LogP contribution in [0.4, 0.5) is 5.69 Å². The van der Waals surface area contributed by atoms with E-state index in [9.17, 15) is 9.59 Å². The lowest BCUT2D eigenvalue weighted by Gasteiger charge is -2.03. The zero-order valence-electron chi connectivity index (χ0n) is 14.5. The van der Waals surface area contributed by atoms with Crippen molar-refractivity contribution in [1.29, 1.82) is 0 Å². The van der Waals surface area contributed by atoms with E-state index in [1.54, 1.807) is 37.5 Å². The molecule has 0 radical (unpaired) electrons. The lowest BCUT2D eigenvalue weighted by molar-refractivity contribution is -0.117. The molecule has 1 amide bonds. The molecule has 1 N–H and O–H groups in total. The van der Waals surface area contributed by atoms with Gasteiger partial charge in [-0.3, -0.25) is 9.78 Å². The second-order valence-electron chi connectivity index (χ2n) is 5.97. The van der Waals surface area contributed by atoms with Gasteiger partial charge in [-0.15, -0.1) is 5.10 Å². The molecular weight excluding hydrogens is 344 g/mol. The molecule has 3 aromatic heterocycles. The van der Waals surface area contributed by atoms with Crippen LogP contribution < -0.4 is 11.0 Å². The number of anilines is 1. The van der Waals surface area contributed by atoms with Crippen molar-refractivity contribution < 1.29 is 4.79 Å². The number of rotatable bonds is 4. The summed E-state index contributed by atoms with van der Waals surface area (Å²) in [6.07, 6.45) is 3.35. The summed E-state index contributed by atoms with van der Waals surface area (Å²) in [6.45, 7) is 1.55. The molecule has 0 aliphatic heterocycles. The largest absolute Gasteiger partial charge is 0.352 e. The van der Waals surface area contributed by atoms with Gasteiger partial charge in [-0.25, -0.2) is 18.9 Å². The number of amides is 1. The third-order valence-corrected chi connectivity index (χ3v) is 4.06. The van der Waals surface area contributed by atoms with Crippen LogP contribution in [0.2, 0.25) is 0 Å². The molecule has 0 spiro atoms. The minimum absolute atomic E-state index is 0.181. The molecule has 0 saturated carbocycles. The fourth-order valence-corrected chi connectivity index (χ4v) is 2.83. The van der Waals surface area contributed by atoms with Crippen molar-refractivity contribution in [2.45, 2.75) is 13.5 Å². The first-order chi connectivity index (χ1) is 13.1. The van der Waals surface area contributed by atoms with E-state index >= 15 is 0 Å². The summed E-state index contributed by atoms with van der Waals surface area (Å²) in [5.41, 5.74) is 2.26. The van der Waals surface area contributed by atoms with Crippen molar-refractivity contribution in [3.8, 4) is 11.3 Å². The number of carbonyl (C=O) groups is 1. The molecule has 0 aliphatic carbocycles. The minimum Gasteiger partial charge on any atom is -0.324 e. The second-order valence-corrected chi connectivity index (χ2v) is 5.97. The van der Waals surface area contributed by atoms with Crippen LogP contribution in [0.1, 0.15) is 5.82 Å². The van der Waals surface area contributed by atoms with E-state index in [1.807, 2.05) is 30.3 Å². The molecule has 4 rings (SSSR count). The maximum Gasteiger partial charge on any atom is 0.352 e. The Balaban J connectivity index is 1.66. The molecule has 4 aromatic rings. The molecular formula is C19H16N6O2. The van der Waals surface area contributed by atoms with Crippen LogP contribution in [0.5, 0.6) is 0 Å². The fraction of sp³-hybridized carbons (Fsp3) is 0.105. The topological polar surface area (TPSA) is 94.2 Å². The molecule has 0 unspecified atom stereocenters. The zero-order chi connectivity index (χ0) is 18.8. The van der Waals surface area contributed by atoms with Crippen molar-refractivity contribution >= 4 is 17.2 Å². The SMILES string of the molecule is Cc1nc(-c2ccncc2)cc2nn(CC(=O)Nc3ccccc3)c(=O)n12. The van der Waals surface area contributed by atoms with Gasteiger partial charge < -0.3 is 5.32 Å². The predicted octanol–water partition coefficient (Wildman–Crippen LogP) is 1.90. The summed E-state index contributed by atoms with van der Waals surface area (Å²) in [7, 11) is 0. The van der Waals surface area contributed by atoms with Crippen molar-refractivity contribution in [2.24, 2.45) is 0 Å². The molecule has 0 fully saturated rings. The van der Waals surface area contributed by atoms with E-state index in [4.69, 9.17) is 0 Å². The molecule has 1 aromatic carbocycles. The van der Waals surface area contributed by atoms with Crippen LogP contribution in [0.25, 0.3) is 16.9 Å². The Morgan fingerprint density at radius 2 is 1.85 bits per heavy atom. The maximum absolute atomic E-state index is 12.6. The molecule has 134 valence electrons. The van der Waals surface area contributed by atoms with Crippen LogP contribution in [-0.2, 0) is 11.3 Å². The number of benzene rings is 1. The van der Waals surface area contributed by atoms with Crippen molar-refractivity contribution in [3.05, 3.63) is 77.2 Å². The summed E-state index contributed by atoms with van der Waals surface area (Å²) >= 11 is 0. The van der Waals surface area contributed by atoms with Crippen molar-refractivity contribution in [2.75, 3.05) is 5.32 Å². The summed E-state index contributed by atoms with van der Waals surface area (Å²) in [6, 6.07) is 14.4. The van der Waals surface area contributed by atoms with E-state index in [0.717, 1.165) is 10.2 Å². The van der Waals surface area contributed by atoms with E-state index < -0.39 is 5.69 Å². The predicted molar refractivity (Wildman–Crippen MR) is 100 cm³/mol. The normalized spacial score (nSPS) is 10.9. The van der Waals surface area contributed by atoms with Crippen LogP contribution >= 0.6 is 0 Å². The lowest BCUT2D eigenvalue weighted by Crippen LogP contribution is -2.28. The average Bonchev–Trinajstić information content (AvgIpc) is 2.99. The molecule has 0 saturated heterocycles.